The molecule has 4 aliphatic rings. The Bertz CT molecular complexity index is 886. The van der Waals surface area contributed by atoms with Crippen LogP contribution >= 0.6 is 0 Å². The Balaban J connectivity index is 1.30. The second kappa shape index (κ2) is 9.27. The third kappa shape index (κ3) is 4.64. The molecular formula is C25H36N4O2. The molecule has 1 aromatic heterocycles. The summed E-state index contributed by atoms with van der Waals surface area (Å²) in [4.78, 5) is 38.4. The van der Waals surface area contributed by atoms with Gasteiger partial charge in [0.15, 0.2) is 0 Å². The van der Waals surface area contributed by atoms with Crippen LogP contribution in [0.2, 0.25) is 0 Å². The van der Waals surface area contributed by atoms with Crippen LogP contribution in [-0.4, -0.2) is 45.3 Å². The fraction of sp³-hybridized carbons (Fsp3) is 0.720. The van der Waals surface area contributed by atoms with E-state index < -0.39 is 0 Å². The van der Waals surface area contributed by atoms with Gasteiger partial charge in [0, 0.05) is 38.2 Å². The molecule has 1 N–H and O–H groups in total. The van der Waals surface area contributed by atoms with Crippen LogP contribution < -0.4 is 5.56 Å². The van der Waals surface area contributed by atoms with Crippen LogP contribution in [-0.2, 0) is 17.8 Å². The molecule has 3 heterocycles. The highest BCUT2D eigenvalue weighted by Gasteiger charge is 2.34. The summed E-state index contributed by atoms with van der Waals surface area (Å²) in [7, 11) is 0. The highest BCUT2D eigenvalue weighted by atomic mass is 16.2. The number of hydrogen-bond acceptors (Lipinski definition) is 4. The number of fused-ring (bicyclic) bond motifs is 1. The predicted molar refractivity (Wildman–Crippen MR) is 121 cm³/mol. The molecule has 0 spiro atoms. The molecule has 2 fully saturated rings. The predicted octanol–water partition coefficient (Wildman–Crippen LogP) is 3.73. The second-order valence-electron chi connectivity index (χ2n) is 10.1. The summed E-state index contributed by atoms with van der Waals surface area (Å²) in [5.41, 5.74) is 1.81. The maximum Gasteiger partial charge on any atom is 0.254 e. The number of hydrogen-bond donors (Lipinski definition) is 1. The van der Waals surface area contributed by atoms with Crippen molar-refractivity contribution < 1.29 is 4.79 Å². The Morgan fingerprint density at radius 1 is 1.10 bits per heavy atom. The number of nitrogens with one attached hydrogen (secondary N) is 1. The molecule has 6 nitrogen and oxygen atoms in total. The van der Waals surface area contributed by atoms with Gasteiger partial charge in [0.05, 0.1) is 11.7 Å². The summed E-state index contributed by atoms with van der Waals surface area (Å²) in [6, 6.07) is -0.0791. The largest absolute Gasteiger partial charge is 0.332 e. The van der Waals surface area contributed by atoms with Crippen LogP contribution in [0.25, 0.3) is 0 Å². The molecule has 0 aromatic carbocycles. The second-order valence-corrected chi connectivity index (χ2v) is 10.1. The van der Waals surface area contributed by atoms with Crippen LogP contribution in [0.4, 0.5) is 0 Å². The molecule has 168 valence electrons. The Kier molecular flexibility index (Phi) is 6.26. The van der Waals surface area contributed by atoms with E-state index in [4.69, 9.17) is 4.98 Å². The Hall–Kier alpha value is -1.95. The van der Waals surface area contributed by atoms with Gasteiger partial charge >= 0.3 is 0 Å². The number of aromatic amines is 1. The van der Waals surface area contributed by atoms with Gasteiger partial charge in [-0.1, -0.05) is 31.4 Å². The van der Waals surface area contributed by atoms with E-state index in [9.17, 15) is 9.59 Å². The molecule has 2 atom stereocenters. The van der Waals surface area contributed by atoms with Crippen molar-refractivity contribution >= 4 is 5.91 Å². The number of carbonyl (C=O) groups is 1. The Morgan fingerprint density at radius 2 is 1.97 bits per heavy atom. The normalized spacial score (nSPS) is 27.0. The zero-order valence-corrected chi connectivity index (χ0v) is 18.7. The summed E-state index contributed by atoms with van der Waals surface area (Å²) >= 11 is 0. The van der Waals surface area contributed by atoms with Crippen molar-refractivity contribution in [2.75, 3.05) is 19.6 Å². The van der Waals surface area contributed by atoms with Crippen LogP contribution in [0.15, 0.2) is 16.9 Å². The Morgan fingerprint density at radius 3 is 2.77 bits per heavy atom. The molecule has 2 aliphatic carbocycles. The molecule has 2 aliphatic heterocycles. The lowest BCUT2D eigenvalue weighted by atomic mass is 9.88. The quantitative estimate of drug-likeness (QED) is 0.732. The van der Waals surface area contributed by atoms with E-state index in [1.54, 1.807) is 0 Å². The number of aromatic nitrogens is 2. The third-order valence-corrected chi connectivity index (χ3v) is 7.85. The van der Waals surface area contributed by atoms with Crippen molar-refractivity contribution in [2.24, 2.45) is 11.8 Å². The molecule has 0 bridgehead atoms. The van der Waals surface area contributed by atoms with Gasteiger partial charge in [-0.25, -0.2) is 4.98 Å². The van der Waals surface area contributed by atoms with Gasteiger partial charge in [-0.15, -0.1) is 0 Å². The number of allylic oxidation sites excluding steroid dienone is 2. The number of nitrogens with zero attached hydrogens (tertiary/aromatic N) is 3. The number of H-pyrrole nitrogens is 1. The van der Waals surface area contributed by atoms with Gasteiger partial charge in [0.25, 0.3) is 5.56 Å². The van der Waals surface area contributed by atoms with E-state index in [0.29, 0.717) is 18.2 Å². The average Bonchev–Trinajstić information content (AvgIpc) is 3.46. The summed E-state index contributed by atoms with van der Waals surface area (Å²) < 4.78 is 0. The first kappa shape index (κ1) is 20.9. The first-order valence-electron chi connectivity index (χ1n) is 12.5. The van der Waals surface area contributed by atoms with E-state index in [0.717, 1.165) is 75.5 Å². The maximum atomic E-state index is 13.0. The molecule has 1 saturated heterocycles. The average molecular weight is 425 g/mol. The third-order valence-electron chi connectivity index (χ3n) is 7.85. The molecule has 6 heteroatoms. The van der Waals surface area contributed by atoms with Gasteiger partial charge < -0.3 is 9.88 Å². The number of carbonyl (C=O) groups excluding carboxylic acids is 1. The molecule has 1 saturated carbocycles. The maximum absolute atomic E-state index is 13.0. The SMILES string of the molecule is O=C(CC1C=CCC1)N1CCCC1c1nc2c(c(=O)[nH]1)CCN(CC1CCCCC1)C2. The minimum absolute atomic E-state index is 0.00958. The van der Waals surface area contributed by atoms with E-state index in [2.05, 4.69) is 22.0 Å². The lowest BCUT2D eigenvalue weighted by molar-refractivity contribution is -0.133. The fourth-order valence-corrected chi connectivity index (χ4v) is 6.12. The topological polar surface area (TPSA) is 69.3 Å². The molecule has 31 heavy (non-hydrogen) atoms. The highest BCUT2D eigenvalue weighted by Crippen LogP contribution is 2.33. The molecule has 2 unspecified atom stereocenters. The Labute approximate surface area is 185 Å². The van der Waals surface area contributed by atoms with E-state index in [1.165, 1.54) is 32.1 Å². The first-order valence-corrected chi connectivity index (χ1v) is 12.5. The summed E-state index contributed by atoms with van der Waals surface area (Å²) in [5.74, 6) is 2.08. The highest BCUT2D eigenvalue weighted by molar-refractivity contribution is 5.77. The van der Waals surface area contributed by atoms with Gasteiger partial charge in [0.2, 0.25) is 5.91 Å². The standard InChI is InChI=1S/C25H36N4O2/c30-23(15-18-7-4-5-8-18)29-13-6-11-22(29)24-26-21-17-28(14-12-20(21)25(31)27-24)16-19-9-2-1-3-10-19/h4,7,18-19,22H,1-3,5-6,8-17H2,(H,26,27,31). The van der Waals surface area contributed by atoms with Gasteiger partial charge in [-0.05, 0) is 56.8 Å². The number of likely N-dealkylation sites (tertiary alicyclic amines) is 1. The number of rotatable bonds is 5. The summed E-state index contributed by atoms with van der Waals surface area (Å²) in [6.45, 7) is 3.63. The van der Waals surface area contributed by atoms with Crippen LogP contribution in [0.1, 0.15) is 87.3 Å². The molecule has 5 rings (SSSR count). The van der Waals surface area contributed by atoms with Crippen molar-refractivity contribution in [1.82, 2.24) is 19.8 Å². The molecule has 1 aromatic rings. The number of amides is 1. The van der Waals surface area contributed by atoms with Crippen molar-refractivity contribution in [2.45, 2.75) is 83.2 Å². The van der Waals surface area contributed by atoms with E-state index >= 15 is 0 Å². The smallest absolute Gasteiger partial charge is 0.254 e. The van der Waals surface area contributed by atoms with Crippen molar-refractivity contribution in [3.63, 3.8) is 0 Å². The fourth-order valence-electron chi connectivity index (χ4n) is 6.12. The zero-order chi connectivity index (χ0) is 21.2. The minimum atomic E-state index is -0.0791. The summed E-state index contributed by atoms with van der Waals surface area (Å²) in [6.07, 6.45) is 16.5. The van der Waals surface area contributed by atoms with Crippen LogP contribution in [0.3, 0.4) is 0 Å². The van der Waals surface area contributed by atoms with Crippen LogP contribution in [0, 0.1) is 11.8 Å². The zero-order valence-electron chi connectivity index (χ0n) is 18.7. The van der Waals surface area contributed by atoms with Crippen LogP contribution in [0.5, 0.6) is 0 Å². The lowest BCUT2D eigenvalue weighted by Gasteiger charge is -2.33. The van der Waals surface area contributed by atoms with Gasteiger partial charge in [-0.2, -0.15) is 0 Å². The lowest BCUT2D eigenvalue weighted by Crippen LogP contribution is -2.39. The van der Waals surface area contributed by atoms with Crippen molar-refractivity contribution in [3.05, 3.63) is 39.6 Å². The van der Waals surface area contributed by atoms with Gasteiger partial charge in [0.1, 0.15) is 5.82 Å². The summed E-state index contributed by atoms with van der Waals surface area (Å²) in [5, 5.41) is 0. The molecule has 1 amide bonds. The van der Waals surface area contributed by atoms with E-state index in [-0.39, 0.29) is 17.5 Å². The first-order chi connectivity index (χ1) is 15.2. The van der Waals surface area contributed by atoms with Crippen molar-refractivity contribution in [3.8, 4) is 0 Å². The molecular weight excluding hydrogens is 388 g/mol. The van der Waals surface area contributed by atoms with Crippen molar-refractivity contribution in [1.29, 1.82) is 0 Å². The minimum Gasteiger partial charge on any atom is -0.332 e. The molecule has 0 radical (unpaired) electrons. The monoisotopic (exact) mass is 424 g/mol. The van der Waals surface area contributed by atoms with Gasteiger partial charge in [-0.3, -0.25) is 14.5 Å². The van der Waals surface area contributed by atoms with E-state index in [1.807, 2.05) is 4.90 Å².